The Morgan fingerprint density at radius 3 is 2.66 bits per heavy atom. The molecule has 13 nitrogen and oxygen atoms in total. The summed E-state index contributed by atoms with van der Waals surface area (Å²) >= 11 is 0. The van der Waals surface area contributed by atoms with Gasteiger partial charge in [0.15, 0.2) is 6.73 Å². The minimum atomic E-state index is -0.563. The lowest BCUT2D eigenvalue weighted by molar-refractivity contribution is -0.157. The summed E-state index contributed by atoms with van der Waals surface area (Å²) in [6, 6.07) is 2.74. The smallest absolute Gasteiger partial charge is 0.318 e. The summed E-state index contributed by atoms with van der Waals surface area (Å²) in [6.07, 6.45) is 10.7. The summed E-state index contributed by atoms with van der Waals surface area (Å²) in [5.41, 5.74) is 3.49. The molecule has 196 valence electrons. The molecule has 1 atom stereocenters. The van der Waals surface area contributed by atoms with E-state index in [-0.39, 0.29) is 24.7 Å². The van der Waals surface area contributed by atoms with Gasteiger partial charge in [0.1, 0.15) is 0 Å². The number of fused-ring (bicyclic) bond motifs is 1. The lowest BCUT2D eigenvalue weighted by Gasteiger charge is -2.36. The maximum Gasteiger partial charge on any atom is 0.318 e. The Bertz CT molecular complexity index is 1410. The van der Waals surface area contributed by atoms with Gasteiger partial charge < -0.3 is 19.4 Å². The predicted molar refractivity (Wildman–Crippen MR) is 135 cm³/mol. The molecule has 4 aromatic heterocycles. The van der Waals surface area contributed by atoms with E-state index < -0.39 is 5.41 Å². The lowest BCUT2D eigenvalue weighted by Crippen LogP contribution is -2.45. The van der Waals surface area contributed by atoms with Crippen LogP contribution in [0.2, 0.25) is 0 Å². The van der Waals surface area contributed by atoms with Gasteiger partial charge in [0.05, 0.1) is 22.9 Å². The predicted octanol–water partition coefficient (Wildman–Crippen LogP) is 2.24. The highest BCUT2D eigenvalue weighted by atomic mass is 16.5. The van der Waals surface area contributed by atoms with Crippen molar-refractivity contribution in [1.82, 2.24) is 40.1 Å². The highest BCUT2D eigenvalue weighted by Gasteiger charge is 2.34. The molecule has 0 radical (unpaired) electrons. The maximum atomic E-state index is 11.9. The molecule has 6 rings (SSSR count). The van der Waals surface area contributed by atoms with Crippen molar-refractivity contribution in [2.45, 2.75) is 52.3 Å². The van der Waals surface area contributed by atoms with E-state index in [0.717, 1.165) is 18.5 Å². The van der Waals surface area contributed by atoms with Crippen LogP contribution in [-0.2, 0) is 29.1 Å². The summed E-state index contributed by atoms with van der Waals surface area (Å²) in [4.78, 5) is 27.0. The Morgan fingerprint density at radius 2 is 1.89 bits per heavy atom. The Hall–Kier alpha value is -4.42. The number of carbonyl (C=O) groups excluding carboxylic acids is 1. The van der Waals surface area contributed by atoms with Crippen molar-refractivity contribution in [3.63, 3.8) is 0 Å². The van der Waals surface area contributed by atoms with Gasteiger partial charge in [0, 0.05) is 49.8 Å². The zero-order chi connectivity index (χ0) is 26.3. The van der Waals surface area contributed by atoms with Crippen LogP contribution >= 0.6 is 0 Å². The van der Waals surface area contributed by atoms with Gasteiger partial charge >= 0.3 is 12.0 Å². The first-order valence-corrected chi connectivity index (χ1v) is 12.5. The van der Waals surface area contributed by atoms with Gasteiger partial charge in [-0.15, -0.1) is 10.2 Å². The Balaban J connectivity index is 1.01. The van der Waals surface area contributed by atoms with E-state index in [4.69, 9.17) is 9.15 Å². The van der Waals surface area contributed by atoms with Gasteiger partial charge in [0.2, 0.25) is 5.95 Å². The lowest BCUT2D eigenvalue weighted by atomic mass is 9.97. The molecule has 4 aromatic rings. The van der Waals surface area contributed by atoms with Crippen molar-refractivity contribution in [2.75, 3.05) is 23.3 Å². The molecule has 1 N–H and O–H groups in total. The van der Waals surface area contributed by atoms with Gasteiger partial charge in [-0.25, -0.2) is 14.6 Å². The Labute approximate surface area is 218 Å². The van der Waals surface area contributed by atoms with E-state index >= 15 is 0 Å². The zero-order valence-corrected chi connectivity index (χ0v) is 21.4. The fourth-order valence-corrected chi connectivity index (χ4v) is 4.43. The number of hydrogen-bond donors (Lipinski definition) is 1. The molecule has 1 aliphatic heterocycles. The molecule has 1 saturated heterocycles. The van der Waals surface area contributed by atoms with E-state index in [1.807, 2.05) is 38.1 Å². The van der Waals surface area contributed by atoms with Crippen LogP contribution in [0.15, 0.2) is 41.5 Å². The van der Waals surface area contributed by atoms with Gasteiger partial charge in [-0.2, -0.15) is 0 Å². The standard InChI is InChI=1S/C25H28N10O3/c1-25(2,3)22(36)37-14-35-13-20(30-33-35)18-11-34(12-18)24-32-31-21(38-24)17-9-27-23(28-10-17)29-19-6-15-4-5-26-8-16(15)7-19/h4-5,8-10,13,18-19H,6-7,11-12,14H2,1-3H3,(H,27,28,29). The number of nitrogens with zero attached hydrogens (tertiary/aromatic N) is 9. The van der Waals surface area contributed by atoms with Crippen LogP contribution in [-0.4, -0.2) is 65.2 Å². The fourth-order valence-electron chi connectivity index (χ4n) is 4.43. The number of ether oxygens (including phenoxy) is 1. The highest BCUT2D eigenvalue weighted by molar-refractivity contribution is 5.75. The van der Waals surface area contributed by atoms with E-state index in [2.05, 4.69) is 46.8 Å². The first kappa shape index (κ1) is 23.9. The molecule has 0 spiro atoms. The topological polar surface area (TPSA) is 150 Å². The summed E-state index contributed by atoms with van der Waals surface area (Å²) in [5, 5.41) is 20.0. The number of aromatic nitrogens is 8. The van der Waals surface area contributed by atoms with E-state index in [9.17, 15) is 4.79 Å². The van der Waals surface area contributed by atoms with Crippen molar-refractivity contribution in [3.8, 4) is 11.5 Å². The molecule has 0 aromatic carbocycles. The molecule has 0 amide bonds. The summed E-state index contributed by atoms with van der Waals surface area (Å²) in [5.74, 6) is 0.807. The average Bonchev–Trinajstić information content (AvgIpc) is 3.61. The van der Waals surface area contributed by atoms with Crippen LogP contribution in [0.5, 0.6) is 0 Å². The SMILES string of the molecule is CC(C)(C)C(=O)OCn1cc(C2CN(c3nnc(-c4cnc(NC5Cc6ccncc6C5)nc4)o3)C2)nn1. The Morgan fingerprint density at radius 1 is 1.11 bits per heavy atom. The number of anilines is 2. The van der Waals surface area contributed by atoms with Gasteiger partial charge in [-0.05, 0) is 50.8 Å². The first-order chi connectivity index (χ1) is 18.3. The highest BCUT2D eigenvalue weighted by Crippen LogP contribution is 2.31. The van der Waals surface area contributed by atoms with Crippen molar-refractivity contribution < 1.29 is 13.9 Å². The van der Waals surface area contributed by atoms with Gasteiger partial charge in [-0.1, -0.05) is 10.3 Å². The third-order valence-corrected chi connectivity index (χ3v) is 6.65. The maximum absolute atomic E-state index is 11.9. The van der Waals surface area contributed by atoms with Gasteiger partial charge in [-0.3, -0.25) is 9.78 Å². The molecule has 1 aliphatic carbocycles. The molecule has 1 unspecified atom stereocenters. The monoisotopic (exact) mass is 516 g/mol. The zero-order valence-electron chi connectivity index (χ0n) is 21.4. The van der Waals surface area contributed by atoms with Crippen LogP contribution in [0.25, 0.3) is 11.5 Å². The number of hydrogen-bond acceptors (Lipinski definition) is 12. The minimum Gasteiger partial charge on any atom is -0.442 e. The van der Waals surface area contributed by atoms with E-state index in [1.54, 1.807) is 18.6 Å². The third-order valence-electron chi connectivity index (χ3n) is 6.65. The number of carbonyl (C=O) groups is 1. The summed E-state index contributed by atoms with van der Waals surface area (Å²) in [7, 11) is 0. The minimum absolute atomic E-state index is 0.0364. The Kier molecular flexibility index (Phi) is 5.97. The second-order valence-electron chi connectivity index (χ2n) is 10.7. The first-order valence-electron chi connectivity index (χ1n) is 12.5. The molecule has 0 saturated carbocycles. The van der Waals surface area contributed by atoms with E-state index in [0.29, 0.717) is 36.5 Å². The molecule has 1 fully saturated rings. The van der Waals surface area contributed by atoms with Crippen LogP contribution in [0.4, 0.5) is 12.0 Å². The van der Waals surface area contributed by atoms with Crippen LogP contribution in [0, 0.1) is 5.41 Å². The van der Waals surface area contributed by atoms with E-state index in [1.165, 1.54) is 15.8 Å². The second kappa shape index (κ2) is 9.47. The summed E-state index contributed by atoms with van der Waals surface area (Å²) < 4.78 is 12.7. The normalized spacial score (nSPS) is 17.2. The number of pyridine rings is 1. The largest absolute Gasteiger partial charge is 0.442 e. The number of nitrogens with one attached hydrogen (secondary N) is 1. The molecule has 5 heterocycles. The van der Waals surface area contributed by atoms with Gasteiger partial charge in [0.25, 0.3) is 5.89 Å². The average molecular weight is 517 g/mol. The molecular weight excluding hydrogens is 488 g/mol. The van der Waals surface area contributed by atoms with Crippen LogP contribution in [0.3, 0.4) is 0 Å². The van der Waals surface area contributed by atoms with Crippen molar-refractivity contribution in [2.24, 2.45) is 5.41 Å². The van der Waals surface area contributed by atoms with Crippen LogP contribution in [0.1, 0.15) is 43.5 Å². The molecule has 2 aliphatic rings. The van der Waals surface area contributed by atoms with Crippen LogP contribution < -0.4 is 10.2 Å². The van der Waals surface area contributed by atoms with Crippen molar-refractivity contribution >= 4 is 17.9 Å². The summed E-state index contributed by atoms with van der Waals surface area (Å²) in [6.45, 7) is 6.79. The quantitative estimate of drug-likeness (QED) is 0.359. The second-order valence-corrected chi connectivity index (χ2v) is 10.7. The van der Waals surface area contributed by atoms with Crippen molar-refractivity contribution in [3.05, 3.63) is 53.9 Å². The molecular formula is C25H28N10O3. The number of rotatable bonds is 7. The molecule has 0 bridgehead atoms. The number of esters is 1. The fraction of sp³-hybridized carbons (Fsp3) is 0.440. The molecule has 13 heteroatoms. The molecule has 38 heavy (non-hydrogen) atoms. The third kappa shape index (κ3) is 4.91. The van der Waals surface area contributed by atoms with Crippen molar-refractivity contribution in [1.29, 1.82) is 0 Å².